The fourth-order valence-corrected chi connectivity index (χ4v) is 2.34. The molecule has 0 aliphatic rings. The smallest absolute Gasteiger partial charge is 0.407 e. The molecule has 0 spiro atoms. The van der Waals surface area contributed by atoms with Crippen LogP contribution in [0.3, 0.4) is 0 Å². The zero-order valence-electron chi connectivity index (χ0n) is 13.3. The van der Waals surface area contributed by atoms with Gasteiger partial charge < -0.3 is 24.8 Å². The number of hydrogen-bond donors (Lipinski definition) is 3. The Morgan fingerprint density at radius 1 is 1.25 bits per heavy atom. The van der Waals surface area contributed by atoms with Gasteiger partial charge in [-0.2, -0.15) is 0 Å². The summed E-state index contributed by atoms with van der Waals surface area (Å²) in [6.45, 7) is 0.117. The van der Waals surface area contributed by atoms with E-state index in [-0.39, 0.29) is 25.3 Å². The zero-order chi connectivity index (χ0) is 17.5. The highest BCUT2D eigenvalue weighted by Gasteiger charge is 2.17. The number of nitrogens with zero attached hydrogens (tertiary/aromatic N) is 1. The maximum absolute atomic E-state index is 11.6. The van der Waals surface area contributed by atoms with E-state index in [1.165, 1.54) is 4.57 Å². The predicted molar refractivity (Wildman–Crippen MR) is 86.7 cm³/mol. The number of ether oxygens (including phenoxy) is 1. The summed E-state index contributed by atoms with van der Waals surface area (Å²) >= 11 is 0. The topological polar surface area (TPSA) is 101 Å². The SMILES string of the molecule is Cn1ccc(CC(O)CNC(=O)OCc2ccccc2)c1C(=O)O. The van der Waals surface area contributed by atoms with Crippen molar-refractivity contribution >= 4 is 12.1 Å². The van der Waals surface area contributed by atoms with E-state index >= 15 is 0 Å². The lowest BCUT2D eigenvalue weighted by atomic mass is 10.1. The molecule has 7 heteroatoms. The number of nitrogens with one attached hydrogen (secondary N) is 1. The molecular formula is C17H20N2O5. The molecule has 0 fully saturated rings. The number of carboxylic acid groups (broad SMARTS) is 1. The highest BCUT2D eigenvalue weighted by Crippen LogP contribution is 2.12. The van der Waals surface area contributed by atoms with Gasteiger partial charge >= 0.3 is 12.1 Å². The highest BCUT2D eigenvalue weighted by molar-refractivity contribution is 5.87. The van der Waals surface area contributed by atoms with Gasteiger partial charge in [0, 0.05) is 26.2 Å². The Labute approximate surface area is 139 Å². The zero-order valence-corrected chi connectivity index (χ0v) is 13.3. The van der Waals surface area contributed by atoms with Crippen molar-refractivity contribution in [2.24, 2.45) is 7.05 Å². The molecule has 0 bridgehead atoms. The minimum atomic E-state index is -1.06. The van der Waals surface area contributed by atoms with Crippen molar-refractivity contribution < 1.29 is 24.5 Å². The van der Waals surface area contributed by atoms with E-state index in [9.17, 15) is 14.7 Å². The van der Waals surface area contributed by atoms with E-state index in [0.717, 1.165) is 5.56 Å². The van der Waals surface area contributed by atoms with E-state index in [1.54, 1.807) is 19.3 Å². The Bertz CT molecular complexity index is 696. The van der Waals surface area contributed by atoms with Crippen LogP contribution in [0.5, 0.6) is 0 Å². The predicted octanol–water partition coefficient (Wildman–Crippen LogP) is 1.55. The molecule has 1 atom stereocenters. The fraction of sp³-hybridized carbons (Fsp3) is 0.294. The van der Waals surface area contributed by atoms with Crippen LogP contribution in [0, 0.1) is 0 Å². The molecular weight excluding hydrogens is 312 g/mol. The van der Waals surface area contributed by atoms with Crippen molar-refractivity contribution in [3.8, 4) is 0 Å². The van der Waals surface area contributed by atoms with Crippen LogP contribution in [0.15, 0.2) is 42.6 Å². The Kier molecular flexibility index (Phi) is 5.97. The maximum atomic E-state index is 11.6. The van der Waals surface area contributed by atoms with Crippen LogP contribution in [0.4, 0.5) is 4.79 Å². The number of aliphatic hydroxyl groups excluding tert-OH is 1. The van der Waals surface area contributed by atoms with E-state index < -0.39 is 18.2 Å². The second kappa shape index (κ2) is 8.16. The molecule has 1 aromatic heterocycles. The van der Waals surface area contributed by atoms with Gasteiger partial charge in [-0.1, -0.05) is 30.3 Å². The first-order valence-corrected chi connectivity index (χ1v) is 7.47. The van der Waals surface area contributed by atoms with Crippen LogP contribution in [0.2, 0.25) is 0 Å². The number of carbonyl (C=O) groups excluding carboxylic acids is 1. The van der Waals surface area contributed by atoms with Crippen molar-refractivity contribution in [2.75, 3.05) is 6.54 Å². The van der Waals surface area contributed by atoms with Crippen LogP contribution < -0.4 is 5.32 Å². The monoisotopic (exact) mass is 332 g/mol. The first kappa shape index (κ1) is 17.6. The fourth-order valence-electron chi connectivity index (χ4n) is 2.34. The first-order chi connectivity index (χ1) is 11.5. The number of aromatic carboxylic acids is 1. The number of amides is 1. The number of carboxylic acids is 1. The number of aliphatic hydroxyl groups is 1. The van der Waals surface area contributed by atoms with Crippen LogP contribution in [0.25, 0.3) is 0 Å². The number of aryl methyl sites for hydroxylation is 1. The number of aromatic nitrogens is 1. The third kappa shape index (κ3) is 4.85. The van der Waals surface area contributed by atoms with E-state index in [1.807, 2.05) is 30.3 Å². The van der Waals surface area contributed by atoms with Gasteiger partial charge in [0.05, 0.1) is 6.10 Å². The van der Waals surface area contributed by atoms with Crippen molar-refractivity contribution in [3.63, 3.8) is 0 Å². The number of hydrogen-bond acceptors (Lipinski definition) is 4. The molecule has 1 amide bonds. The van der Waals surface area contributed by atoms with E-state index in [4.69, 9.17) is 9.84 Å². The average Bonchev–Trinajstić information content (AvgIpc) is 2.92. The molecule has 2 aromatic rings. The standard InChI is InChI=1S/C17H20N2O5/c1-19-8-7-13(15(19)16(21)22)9-14(20)10-18-17(23)24-11-12-5-3-2-4-6-12/h2-8,14,20H,9-11H2,1H3,(H,18,23)(H,21,22). The number of carbonyl (C=O) groups is 2. The minimum Gasteiger partial charge on any atom is -0.477 e. The first-order valence-electron chi connectivity index (χ1n) is 7.47. The third-order valence-corrected chi connectivity index (χ3v) is 3.51. The molecule has 0 saturated carbocycles. The molecule has 1 unspecified atom stereocenters. The van der Waals surface area contributed by atoms with Crippen LogP contribution in [0.1, 0.15) is 21.6 Å². The molecule has 3 N–H and O–H groups in total. The van der Waals surface area contributed by atoms with Crippen molar-refractivity contribution in [2.45, 2.75) is 19.1 Å². The summed E-state index contributed by atoms with van der Waals surface area (Å²) in [6, 6.07) is 10.9. The van der Waals surface area contributed by atoms with Crippen molar-refractivity contribution in [1.82, 2.24) is 9.88 Å². The van der Waals surface area contributed by atoms with Crippen LogP contribution in [-0.4, -0.2) is 39.5 Å². The molecule has 0 aliphatic heterocycles. The highest BCUT2D eigenvalue weighted by atomic mass is 16.5. The lowest BCUT2D eigenvalue weighted by Gasteiger charge is -2.12. The Morgan fingerprint density at radius 3 is 2.62 bits per heavy atom. The summed E-state index contributed by atoms with van der Waals surface area (Å²) in [5.41, 5.74) is 1.50. The van der Waals surface area contributed by atoms with Crippen LogP contribution in [-0.2, 0) is 24.8 Å². The second-order valence-electron chi connectivity index (χ2n) is 5.41. The van der Waals surface area contributed by atoms with Gasteiger partial charge in [0.1, 0.15) is 12.3 Å². The van der Waals surface area contributed by atoms with Gasteiger partial charge in [0.15, 0.2) is 0 Å². The van der Waals surface area contributed by atoms with Gasteiger partial charge in [-0.25, -0.2) is 9.59 Å². The van der Waals surface area contributed by atoms with Gasteiger partial charge in [-0.15, -0.1) is 0 Å². The summed E-state index contributed by atoms with van der Waals surface area (Å²) < 4.78 is 6.51. The summed E-state index contributed by atoms with van der Waals surface area (Å²) in [6.07, 6.45) is 0.202. The summed E-state index contributed by atoms with van der Waals surface area (Å²) in [5, 5.41) is 21.6. The third-order valence-electron chi connectivity index (χ3n) is 3.51. The molecule has 1 heterocycles. The molecule has 1 aromatic carbocycles. The number of alkyl carbamates (subject to hydrolysis) is 1. The quantitative estimate of drug-likeness (QED) is 0.714. The molecule has 24 heavy (non-hydrogen) atoms. The molecule has 0 aliphatic carbocycles. The van der Waals surface area contributed by atoms with Gasteiger partial charge in [0.2, 0.25) is 0 Å². The molecule has 2 rings (SSSR count). The van der Waals surface area contributed by atoms with E-state index in [0.29, 0.717) is 5.56 Å². The Balaban J connectivity index is 1.78. The van der Waals surface area contributed by atoms with E-state index in [2.05, 4.69) is 5.32 Å². The lowest BCUT2D eigenvalue weighted by Crippen LogP contribution is -2.33. The Hall–Kier alpha value is -2.80. The number of benzene rings is 1. The molecule has 7 nitrogen and oxygen atoms in total. The number of rotatable bonds is 7. The van der Waals surface area contributed by atoms with Crippen molar-refractivity contribution in [1.29, 1.82) is 0 Å². The molecule has 0 radical (unpaired) electrons. The van der Waals surface area contributed by atoms with Gasteiger partial charge in [-0.3, -0.25) is 0 Å². The lowest BCUT2D eigenvalue weighted by molar-refractivity contribution is 0.0684. The maximum Gasteiger partial charge on any atom is 0.407 e. The largest absolute Gasteiger partial charge is 0.477 e. The van der Waals surface area contributed by atoms with Crippen molar-refractivity contribution in [3.05, 3.63) is 59.4 Å². The summed E-state index contributed by atoms with van der Waals surface area (Å²) in [7, 11) is 1.62. The Morgan fingerprint density at radius 2 is 1.96 bits per heavy atom. The second-order valence-corrected chi connectivity index (χ2v) is 5.41. The summed E-state index contributed by atoms with van der Waals surface area (Å²) in [5.74, 6) is -1.06. The normalized spacial score (nSPS) is 11.8. The van der Waals surface area contributed by atoms with Gasteiger partial charge in [-0.05, 0) is 17.2 Å². The summed E-state index contributed by atoms with van der Waals surface area (Å²) in [4.78, 5) is 22.8. The van der Waals surface area contributed by atoms with Gasteiger partial charge in [0.25, 0.3) is 0 Å². The molecule has 0 saturated heterocycles. The molecule has 128 valence electrons. The van der Waals surface area contributed by atoms with Crippen LogP contribution >= 0.6 is 0 Å². The average molecular weight is 332 g/mol. The minimum absolute atomic E-state index is 0.0262.